The van der Waals surface area contributed by atoms with Crippen molar-refractivity contribution in [2.75, 3.05) is 13.2 Å². The van der Waals surface area contributed by atoms with Crippen LogP contribution in [0, 0.1) is 11.8 Å². The topological polar surface area (TPSA) is 107 Å². The predicted octanol–water partition coefficient (Wildman–Crippen LogP) is 0.661. The Balaban J connectivity index is -0.000000364. The number of hydrogen-bond acceptors (Lipinski definition) is 6. The van der Waals surface area contributed by atoms with Gasteiger partial charge in [0, 0.05) is 0 Å². The van der Waals surface area contributed by atoms with E-state index in [1.165, 1.54) is 0 Å². The van der Waals surface area contributed by atoms with E-state index in [9.17, 15) is 22.6 Å². The van der Waals surface area contributed by atoms with Crippen LogP contribution in [0.1, 0.15) is 86.9 Å². The molecule has 0 heterocycles. The monoisotopic (exact) mass is 596 g/mol. The molecular weight excluding hydrogens is 551 g/mol. The average Bonchev–Trinajstić information content (AvgIpc) is 2.65. The Morgan fingerprint density at radius 1 is 0.875 bits per heavy atom. The van der Waals surface area contributed by atoms with Gasteiger partial charge in [0.05, 0.1) is 19.6 Å². The van der Waals surface area contributed by atoms with E-state index in [1.807, 2.05) is 13.8 Å². The third kappa shape index (κ3) is 20.4. The maximum atomic E-state index is 12.2. The number of hydrogen-bond donors (Lipinski definition) is 1. The fourth-order valence-electron chi connectivity index (χ4n) is 2.82. The summed E-state index contributed by atoms with van der Waals surface area (Å²) >= 11 is 0. The molecule has 0 bridgehead atoms. The summed E-state index contributed by atoms with van der Waals surface area (Å²) in [4.78, 5) is 24.2. The second-order valence-electron chi connectivity index (χ2n) is 7.35. The normalized spacial score (nSPS) is 13.0. The molecule has 0 fully saturated rings. The van der Waals surface area contributed by atoms with Crippen LogP contribution < -0.4 is 29.6 Å². The molecule has 0 aromatic rings. The molecule has 0 saturated carbocycles. The van der Waals surface area contributed by atoms with Crippen LogP contribution in [0.25, 0.3) is 0 Å². The summed E-state index contributed by atoms with van der Waals surface area (Å²) in [5.74, 6) is -1.61. The molecule has 0 aliphatic heterocycles. The van der Waals surface area contributed by atoms with Crippen LogP contribution in [0.3, 0.4) is 0 Å². The predicted molar refractivity (Wildman–Crippen MR) is 135 cm³/mol. The van der Waals surface area contributed by atoms with Crippen LogP contribution in [0.2, 0.25) is 0 Å². The van der Waals surface area contributed by atoms with E-state index in [0.29, 0.717) is 0 Å². The molecule has 0 aromatic heterocycles. The molecule has 0 amide bonds. The fraction of sp³-hybridized carbons (Fsp3) is 0.900. The van der Waals surface area contributed by atoms with Gasteiger partial charge in [0.1, 0.15) is 0 Å². The minimum absolute atomic E-state index is 0. The van der Waals surface area contributed by atoms with Crippen molar-refractivity contribution < 1.29 is 63.0 Å². The first-order chi connectivity index (χ1) is 13.2. The van der Waals surface area contributed by atoms with Crippen LogP contribution in [-0.4, -0.2) is 61.0 Å². The minimum atomic E-state index is -4.76. The number of halogens is 2. The van der Waals surface area contributed by atoms with Gasteiger partial charge in [0.25, 0.3) is 10.1 Å². The molecule has 1 N–H and O–H groups in total. The van der Waals surface area contributed by atoms with Gasteiger partial charge in [-0.15, -0.1) is 24.8 Å². The molecule has 3 atom stereocenters. The molecule has 192 valence electrons. The number of rotatable bonds is 16. The molecule has 7 nitrogen and oxygen atoms in total. The standard InChI is InChI=1S/C20H38O7S.2ClH.GeH4.Na.H/c1-5-9-11-16(7-3)14-26-19(21)13-18(28(23,24)25)20(22)27-15-17(8-4)12-10-6-2;;;;;/h16-18H,5-15H2,1-4H3,(H,23,24,25);2*1H;1H4;;/q;;;;+1;-1. The Hall–Kier alpha value is 0.973. The van der Waals surface area contributed by atoms with E-state index in [-0.39, 0.29) is 98.4 Å². The number of unbranched alkanes of at least 4 members (excludes halogenated alkanes) is 2. The number of ether oxygens (including phenoxy) is 2. The summed E-state index contributed by atoms with van der Waals surface area (Å²) in [6.07, 6.45) is 6.74. The number of esters is 2. The molecule has 0 aliphatic carbocycles. The molecule has 12 heteroatoms. The first-order valence-corrected chi connectivity index (χ1v) is 12.0. The van der Waals surface area contributed by atoms with E-state index in [4.69, 9.17) is 9.47 Å². The third-order valence-electron chi connectivity index (χ3n) is 5.00. The fourth-order valence-corrected chi connectivity index (χ4v) is 3.48. The summed E-state index contributed by atoms with van der Waals surface area (Å²) in [5, 5.41) is -1.95. The molecule has 0 aromatic carbocycles. The van der Waals surface area contributed by atoms with Gasteiger partial charge in [-0.2, -0.15) is 8.42 Å². The summed E-state index contributed by atoms with van der Waals surface area (Å²) in [7, 11) is -4.76. The van der Waals surface area contributed by atoms with Gasteiger partial charge in [-0.3, -0.25) is 14.1 Å². The van der Waals surface area contributed by atoms with Crippen LogP contribution in [0.4, 0.5) is 0 Å². The molecule has 0 saturated heterocycles. The van der Waals surface area contributed by atoms with Crippen LogP contribution in [0.15, 0.2) is 0 Å². The van der Waals surface area contributed by atoms with Crippen LogP contribution >= 0.6 is 24.8 Å². The third-order valence-corrected chi connectivity index (χ3v) is 6.08. The van der Waals surface area contributed by atoms with Crippen molar-refractivity contribution in [2.24, 2.45) is 11.8 Å². The van der Waals surface area contributed by atoms with Crippen molar-refractivity contribution in [3.05, 3.63) is 0 Å². The molecule has 32 heavy (non-hydrogen) atoms. The quantitative estimate of drug-likeness (QED) is 0.159. The SMILES string of the molecule is CCCCC(CC)COC(=O)CC(C(=O)OCC(CC)CCCC)S(=O)(=O)O.Cl.Cl.[GeH4].[H-].[Na+]. The van der Waals surface area contributed by atoms with E-state index >= 15 is 0 Å². The Morgan fingerprint density at radius 2 is 1.28 bits per heavy atom. The first kappa shape index (κ1) is 43.1. The Labute approximate surface area is 241 Å². The maximum Gasteiger partial charge on any atom is 1.00 e. The van der Waals surface area contributed by atoms with Crippen molar-refractivity contribution >= 4 is 64.5 Å². The molecule has 0 aliphatic rings. The zero-order valence-electron chi connectivity index (χ0n) is 20.6. The number of carbonyl (C=O) groups excluding carboxylic acids is 2. The molecule has 3 unspecified atom stereocenters. The van der Waals surface area contributed by atoms with Gasteiger partial charge >= 0.3 is 59.1 Å². The van der Waals surface area contributed by atoms with E-state index in [1.54, 1.807) is 0 Å². The van der Waals surface area contributed by atoms with Gasteiger partial charge in [0.15, 0.2) is 5.25 Å². The Kier molecular flexibility index (Phi) is 33.8. The average molecular weight is 596 g/mol. The smallest absolute Gasteiger partial charge is 1.00 e. The molecule has 0 spiro atoms. The number of carbonyl (C=O) groups is 2. The second-order valence-corrected chi connectivity index (χ2v) is 8.95. The van der Waals surface area contributed by atoms with Gasteiger partial charge in [-0.1, -0.05) is 66.2 Å². The van der Waals surface area contributed by atoms with Crippen molar-refractivity contribution in [3.63, 3.8) is 0 Å². The summed E-state index contributed by atoms with van der Waals surface area (Å²) in [5.41, 5.74) is 0. The van der Waals surface area contributed by atoms with Crippen molar-refractivity contribution in [2.45, 2.75) is 90.7 Å². The molecule has 0 radical (unpaired) electrons. The van der Waals surface area contributed by atoms with E-state index < -0.39 is 33.7 Å². The van der Waals surface area contributed by atoms with Gasteiger partial charge in [-0.25, -0.2) is 0 Å². The zero-order valence-corrected chi connectivity index (χ0v) is 24.1. The molecular formula is C20H45Cl2GeNaO7S. The summed E-state index contributed by atoms with van der Waals surface area (Å²) < 4.78 is 42.8. The maximum absolute atomic E-state index is 12.2. The van der Waals surface area contributed by atoms with Gasteiger partial charge < -0.3 is 10.9 Å². The zero-order chi connectivity index (χ0) is 21.6. The van der Waals surface area contributed by atoms with Crippen LogP contribution in [0.5, 0.6) is 0 Å². The molecule has 0 rings (SSSR count). The van der Waals surface area contributed by atoms with E-state index in [2.05, 4.69) is 13.8 Å². The van der Waals surface area contributed by atoms with Crippen molar-refractivity contribution in [1.82, 2.24) is 0 Å². The largest absolute Gasteiger partial charge is 1.00 e. The minimum Gasteiger partial charge on any atom is -1.00 e. The Morgan fingerprint density at radius 3 is 1.62 bits per heavy atom. The first-order valence-electron chi connectivity index (χ1n) is 10.5. The summed E-state index contributed by atoms with van der Waals surface area (Å²) in [6, 6.07) is 0. The summed E-state index contributed by atoms with van der Waals surface area (Å²) in [6.45, 7) is 8.35. The van der Waals surface area contributed by atoms with E-state index in [0.717, 1.165) is 51.4 Å². The Bertz CT molecular complexity index is 575. The second kappa shape index (κ2) is 25.1. The van der Waals surface area contributed by atoms with Gasteiger partial charge in [-0.05, 0) is 24.7 Å². The van der Waals surface area contributed by atoms with Crippen molar-refractivity contribution in [1.29, 1.82) is 0 Å². The van der Waals surface area contributed by atoms with Crippen molar-refractivity contribution in [3.8, 4) is 0 Å². The van der Waals surface area contributed by atoms with Gasteiger partial charge in [0.2, 0.25) is 0 Å². The van der Waals surface area contributed by atoms with Crippen LogP contribution in [-0.2, 0) is 29.2 Å².